The largest absolute Gasteiger partial charge is 0.483 e. The fourth-order valence-electron chi connectivity index (χ4n) is 4.25. The van der Waals surface area contributed by atoms with Crippen molar-refractivity contribution in [3.8, 4) is 11.5 Å². The summed E-state index contributed by atoms with van der Waals surface area (Å²) in [7, 11) is 0. The van der Waals surface area contributed by atoms with Crippen LogP contribution in [-0.4, -0.2) is 70.1 Å². The Morgan fingerprint density at radius 1 is 1.32 bits per heavy atom. The number of hydrogen-bond donors (Lipinski definition) is 2. The number of carbonyl (C=O) groups is 2. The number of likely N-dealkylation sites (tertiary alicyclic amines) is 1. The maximum absolute atomic E-state index is 14.4. The van der Waals surface area contributed by atoms with E-state index in [-0.39, 0.29) is 23.5 Å². The molecule has 11 heteroatoms. The highest BCUT2D eigenvalue weighted by Gasteiger charge is 2.31. The number of pyridine rings is 2. The average molecular weight is 471 g/mol. The van der Waals surface area contributed by atoms with Crippen molar-refractivity contribution in [2.45, 2.75) is 44.9 Å². The van der Waals surface area contributed by atoms with Gasteiger partial charge < -0.3 is 14.8 Å². The molecule has 3 aliphatic heterocycles. The van der Waals surface area contributed by atoms with Gasteiger partial charge >= 0.3 is 0 Å². The second-order valence-electron chi connectivity index (χ2n) is 8.73. The Balaban J connectivity index is 1.12. The second-order valence-corrected chi connectivity index (χ2v) is 8.73. The smallest absolute Gasteiger partial charge is 0.284 e. The van der Waals surface area contributed by atoms with Crippen LogP contribution in [0.3, 0.4) is 0 Å². The lowest BCUT2D eigenvalue weighted by atomic mass is 10.1. The highest BCUT2D eigenvalue weighted by Crippen LogP contribution is 2.31. The summed E-state index contributed by atoms with van der Waals surface area (Å²) in [6.45, 7) is 5.22. The first-order valence-corrected chi connectivity index (χ1v) is 11.6. The number of carbonyl (C=O) groups excluding carboxylic acids is 2. The van der Waals surface area contributed by atoms with Gasteiger partial charge in [-0.25, -0.2) is 9.99 Å². The van der Waals surface area contributed by atoms with E-state index in [9.17, 15) is 14.0 Å². The van der Waals surface area contributed by atoms with Gasteiger partial charge in [-0.2, -0.15) is 4.39 Å². The van der Waals surface area contributed by atoms with E-state index in [1.54, 1.807) is 6.20 Å². The van der Waals surface area contributed by atoms with Crippen molar-refractivity contribution in [1.82, 2.24) is 25.3 Å². The van der Waals surface area contributed by atoms with Crippen LogP contribution >= 0.6 is 0 Å². The third kappa shape index (κ3) is 4.80. The van der Waals surface area contributed by atoms with Gasteiger partial charge in [-0.15, -0.1) is 0 Å². The third-order valence-corrected chi connectivity index (χ3v) is 6.13. The minimum absolute atomic E-state index is 0.0202. The van der Waals surface area contributed by atoms with E-state index >= 15 is 0 Å². The van der Waals surface area contributed by atoms with Crippen molar-refractivity contribution >= 4 is 17.5 Å². The summed E-state index contributed by atoms with van der Waals surface area (Å²) in [5.74, 6) is -0.781. The first-order chi connectivity index (χ1) is 16.5. The van der Waals surface area contributed by atoms with Crippen molar-refractivity contribution in [1.29, 1.82) is 0 Å². The molecule has 0 bridgehead atoms. The van der Waals surface area contributed by atoms with Gasteiger partial charge in [0.2, 0.25) is 0 Å². The van der Waals surface area contributed by atoms with Crippen molar-refractivity contribution in [3.05, 3.63) is 41.7 Å². The normalized spacial score (nSPS) is 20.8. The number of aromatic nitrogens is 2. The lowest BCUT2D eigenvalue weighted by Crippen LogP contribution is -2.53. The Labute approximate surface area is 196 Å². The number of hydrogen-bond acceptors (Lipinski definition) is 8. The van der Waals surface area contributed by atoms with Gasteiger partial charge in [0, 0.05) is 32.7 Å². The lowest BCUT2D eigenvalue weighted by Gasteiger charge is -2.38. The summed E-state index contributed by atoms with van der Waals surface area (Å²) in [5.41, 5.74) is 4.17. The molecule has 0 spiro atoms. The van der Waals surface area contributed by atoms with Gasteiger partial charge in [-0.1, -0.05) is 6.92 Å². The summed E-state index contributed by atoms with van der Waals surface area (Å²) in [6.07, 6.45) is 3.60. The predicted octanol–water partition coefficient (Wildman–Crippen LogP) is 1.73. The monoisotopic (exact) mass is 470 g/mol. The van der Waals surface area contributed by atoms with Crippen molar-refractivity contribution in [2.24, 2.45) is 0 Å². The molecule has 2 amide bonds. The molecule has 2 fully saturated rings. The van der Waals surface area contributed by atoms with E-state index in [2.05, 4.69) is 25.6 Å². The summed E-state index contributed by atoms with van der Waals surface area (Å²) in [5, 5.41) is 4.68. The fourth-order valence-corrected chi connectivity index (χ4v) is 4.25. The molecular formula is C23H27FN6O4. The average Bonchev–Trinajstić information content (AvgIpc) is 3.31. The second kappa shape index (κ2) is 9.51. The molecule has 0 radical (unpaired) electrons. The number of anilines is 1. The van der Waals surface area contributed by atoms with Crippen LogP contribution in [-0.2, 0) is 11.3 Å². The van der Waals surface area contributed by atoms with Crippen molar-refractivity contribution in [3.63, 3.8) is 0 Å². The first kappa shape index (κ1) is 22.5. The zero-order valence-corrected chi connectivity index (χ0v) is 18.9. The molecule has 34 heavy (non-hydrogen) atoms. The van der Waals surface area contributed by atoms with Crippen LogP contribution in [0.1, 0.15) is 42.4 Å². The van der Waals surface area contributed by atoms with Crippen LogP contribution < -0.4 is 20.2 Å². The maximum Gasteiger partial charge on any atom is 0.284 e. The Bertz CT molecular complexity index is 1090. The number of nitrogens with zero attached hydrogens (tertiary/aromatic N) is 4. The van der Waals surface area contributed by atoms with E-state index in [4.69, 9.17) is 9.47 Å². The molecule has 3 aliphatic rings. The number of ether oxygens (including phenoxy) is 2. The molecule has 2 saturated heterocycles. The molecule has 10 nitrogen and oxygen atoms in total. The molecular weight excluding hydrogens is 443 g/mol. The van der Waals surface area contributed by atoms with Gasteiger partial charge in [-0.3, -0.25) is 24.9 Å². The highest BCUT2D eigenvalue weighted by molar-refractivity contribution is 5.97. The number of amides is 2. The third-order valence-electron chi connectivity index (χ3n) is 6.13. The Kier molecular flexibility index (Phi) is 6.29. The fraction of sp³-hybridized carbons (Fsp3) is 0.478. The predicted molar refractivity (Wildman–Crippen MR) is 120 cm³/mol. The van der Waals surface area contributed by atoms with Crippen LogP contribution in [0.2, 0.25) is 0 Å². The summed E-state index contributed by atoms with van der Waals surface area (Å²) in [4.78, 5) is 34.6. The van der Waals surface area contributed by atoms with Crippen LogP contribution in [0.5, 0.6) is 11.5 Å². The van der Waals surface area contributed by atoms with Crippen LogP contribution in [0.15, 0.2) is 24.4 Å². The van der Waals surface area contributed by atoms with E-state index in [0.717, 1.165) is 31.6 Å². The molecule has 0 aliphatic carbocycles. The van der Waals surface area contributed by atoms with Gasteiger partial charge in [0.15, 0.2) is 17.6 Å². The van der Waals surface area contributed by atoms with Gasteiger partial charge in [0.1, 0.15) is 11.8 Å². The first-order valence-electron chi connectivity index (χ1n) is 11.6. The number of halogens is 1. The topological polar surface area (TPSA) is 109 Å². The van der Waals surface area contributed by atoms with E-state index < -0.39 is 18.0 Å². The number of fused-ring (bicyclic) bond motifs is 1. The van der Waals surface area contributed by atoms with Crippen molar-refractivity contribution in [2.75, 3.05) is 31.5 Å². The Morgan fingerprint density at radius 3 is 2.85 bits per heavy atom. The van der Waals surface area contributed by atoms with Gasteiger partial charge in [0.05, 0.1) is 17.6 Å². The van der Waals surface area contributed by atoms with E-state index in [0.29, 0.717) is 37.5 Å². The lowest BCUT2D eigenvalue weighted by molar-refractivity contribution is -0.123. The van der Waals surface area contributed by atoms with E-state index in [1.165, 1.54) is 12.1 Å². The minimum atomic E-state index is -0.801. The molecule has 2 aromatic rings. The minimum Gasteiger partial charge on any atom is -0.483 e. The number of nitrogens with one attached hydrogen (secondary N) is 2. The van der Waals surface area contributed by atoms with Gasteiger partial charge in [-0.05, 0) is 37.5 Å². The summed E-state index contributed by atoms with van der Waals surface area (Å²) < 4.78 is 25.8. The van der Waals surface area contributed by atoms with Crippen LogP contribution in [0, 0.1) is 5.95 Å². The quantitative estimate of drug-likeness (QED) is 0.589. The summed E-state index contributed by atoms with van der Waals surface area (Å²) >= 11 is 0. The highest BCUT2D eigenvalue weighted by atomic mass is 19.1. The molecule has 180 valence electrons. The molecule has 0 saturated carbocycles. The van der Waals surface area contributed by atoms with Crippen LogP contribution in [0.4, 0.5) is 10.1 Å². The Morgan fingerprint density at radius 2 is 2.12 bits per heavy atom. The molecule has 1 atom stereocenters. The van der Waals surface area contributed by atoms with Crippen molar-refractivity contribution < 1.29 is 23.5 Å². The zero-order chi connectivity index (χ0) is 23.7. The molecule has 2 aromatic heterocycles. The SMILES string of the molecule is CCC1Oc2cnc(CN3CC(Oc4ccc(C(=O)NN5CCCC5)nc4F)C3)cc2NC1=O. The molecule has 5 rings (SSSR count). The molecule has 1 unspecified atom stereocenters. The maximum atomic E-state index is 14.4. The van der Waals surface area contributed by atoms with Gasteiger partial charge in [0.25, 0.3) is 17.8 Å². The standard InChI is InChI=1S/C23H27FN6O4/c1-2-18-23(32)27-17-9-14(25-10-20(17)34-18)11-29-12-15(13-29)33-19-6-5-16(26-21(19)24)22(31)28-30-7-3-4-8-30/h5-6,9-10,15,18H,2-4,7-8,11-13H2,1H3,(H,27,32)(H,28,31). The zero-order valence-electron chi connectivity index (χ0n) is 18.9. The number of hydrazine groups is 1. The molecule has 5 heterocycles. The molecule has 2 N–H and O–H groups in total. The summed E-state index contributed by atoms with van der Waals surface area (Å²) in [6, 6.07) is 4.72. The van der Waals surface area contributed by atoms with E-state index in [1.807, 2.05) is 18.0 Å². The number of rotatable bonds is 7. The molecule has 0 aromatic carbocycles. The Hall–Kier alpha value is -3.31. The van der Waals surface area contributed by atoms with Crippen LogP contribution in [0.25, 0.3) is 0 Å².